The SMILES string of the molecule is CC1=C(CCC(=O)O)c2cc3nc(cc4[nH]c(cc4C)cc4cc(C)c(cc1n2)[nH]4)C(C)=C3CCC(=O)O. The first kappa shape index (κ1) is 25.2. The van der Waals surface area contributed by atoms with Crippen LogP contribution in [0.3, 0.4) is 0 Å². The number of aryl methyl sites for hydroxylation is 2. The van der Waals surface area contributed by atoms with Crippen molar-refractivity contribution in [1.29, 1.82) is 0 Å². The summed E-state index contributed by atoms with van der Waals surface area (Å²) in [5.74, 6) is -1.75. The number of nitrogens with zero attached hydrogens (tertiary/aromatic N) is 2. The largest absolute Gasteiger partial charge is 0.481 e. The van der Waals surface area contributed by atoms with Gasteiger partial charge in [0.15, 0.2) is 0 Å². The van der Waals surface area contributed by atoms with Crippen LogP contribution in [0.1, 0.15) is 73.4 Å². The minimum absolute atomic E-state index is 0.0139. The van der Waals surface area contributed by atoms with E-state index in [2.05, 4.69) is 28.2 Å². The van der Waals surface area contributed by atoms with Crippen LogP contribution < -0.4 is 0 Å². The Labute approximate surface area is 219 Å². The zero-order valence-corrected chi connectivity index (χ0v) is 21.9. The highest BCUT2D eigenvalue weighted by atomic mass is 16.4. The van der Waals surface area contributed by atoms with Crippen LogP contribution in [-0.2, 0) is 9.59 Å². The Bertz CT molecular complexity index is 1600. The maximum atomic E-state index is 11.4. The normalized spacial score (nSPS) is 13.4. The van der Waals surface area contributed by atoms with E-state index in [0.717, 1.165) is 66.9 Å². The molecule has 2 aliphatic rings. The molecule has 194 valence electrons. The van der Waals surface area contributed by atoms with E-state index in [0.29, 0.717) is 24.2 Å². The Morgan fingerprint density at radius 1 is 0.632 bits per heavy atom. The molecule has 8 heteroatoms. The number of carboxylic acid groups (broad SMARTS) is 2. The van der Waals surface area contributed by atoms with E-state index in [4.69, 9.17) is 9.97 Å². The van der Waals surface area contributed by atoms with Gasteiger partial charge >= 0.3 is 11.9 Å². The van der Waals surface area contributed by atoms with E-state index in [1.54, 1.807) is 0 Å². The van der Waals surface area contributed by atoms with Crippen LogP contribution in [0.2, 0.25) is 0 Å². The number of aromatic nitrogens is 4. The van der Waals surface area contributed by atoms with Crippen molar-refractivity contribution >= 4 is 56.3 Å². The molecule has 0 aliphatic carbocycles. The van der Waals surface area contributed by atoms with Gasteiger partial charge in [-0.3, -0.25) is 9.59 Å². The molecule has 0 spiro atoms. The maximum Gasteiger partial charge on any atom is 0.303 e. The number of aromatic amines is 2. The lowest BCUT2D eigenvalue weighted by atomic mass is 9.98. The molecule has 0 radical (unpaired) electrons. The molecule has 0 saturated carbocycles. The molecule has 5 heterocycles. The highest BCUT2D eigenvalue weighted by Crippen LogP contribution is 2.37. The van der Waals surface area contributed by atoms with Crippen molar-refractivity contribution < 1.29 is 19.8 Å². The smallest absolute Gasteiger partial charge is 0.303 e. The fourth-order valence-electron chi connectivity index (χ4n) is 5.10. The summed E-state index contributed by atoms with van der Waals surface area (Å²) >= 11 is 0. The molecule has 38 heavy (non-hydrogen) atoms. The Morgan fingerprint density at radius 3 is 1.45 bits per heavy atom. The zero-order chi connectivity index (χ0) is 27.1. The fraction of sp³-hybridized carbons (Fsp3) is 0.267. The summed E-state index contributed by atoms with van der Waals surface area (Å²) in [5.41, 5.74) is 12.3. The molecule has 0 saturated heterocycles. The number of fused-ring (bicyclic) bond motifs is 8. The average molecular weight is 511 g/mol. The first-order valence-corrected chi connectivity index (χ1v) is 12.6. The molecule has 5 rings (SSSR count). The van der Waals surface area contributed by atoms with Crippen molar-refractivity contribution in [2.75, 3.05) is 0 Å². The van der Waals surface area contributed by atoms with E-state index < -0.39 is 11.9 Å². The Kier molecular flexibility index (Phi) is 6.48. The van der Waals surface area contributed by atoms with Crippen molar-refractivity contribution in [1.82, 2.24) is 19.9 Å². The number of H-pyrrole nitrogens is 2. The summed E-state index contributed by atoms with van der Waals surface area (Å²) in [6.45, 7) is 8.00. The summed E-state index contributed by atoms with van der Waals surface area (Å²) in [5, 5.41) is 18.7. The zero-order valence-electron chi connectivity index (χ0n) is 21.9. The molecule has 3 aromatic heterocycles. The molecule has 0 amide bonds. The van der Waals surface area contributed by atoms with Gasteiger partial charge in [-0.25, -0.2) is 9.97 Å². The molecule has 0 unspecified atom stereocenters. The van der Waals surface area contributed by atoms with E-state index in [-0.39, 0.29) is 12.8 Å². The summed E-state index contributed by atoms with van der Waals surface area (Å²) in [4.78, 5) is 39.6. The molecule has 3 aromatic rings. The van der Waals surface area contributed by atoms with Crippen LogP contribution in [-0.4, -0.2) is 42.1 Å². The van der Waals surface area contributed by atoms with Gasteiger partial charge in [-0.05, 0) is 110 Å². The Morgan fingerprint density at radius 2 is 1.05 bits per heavy atom. The number of rotatable bonds is 6. The van der Waals surface area contributed by atoms with Crippen LogP contribution in [0.5, 0.6) is 0 Å². The fourth-order valence-corrected chi connectivity index (χ4v) is 5.10. The number of carbonyl (C=O) groups is 2. The number of allylic oxidation sites excluding steroid dienone is 4. The maximum absolute atomic E-state index is 11.4. The van der Waals surface area contributed by atoms with Crippen molar-refractivity contribution in [2.24, 2.45) is 0 Å². The highest BCUT2D eigenvalue weighted by molar-refractivity contribution is 5.96. The van der Waals surface area contributed by atoms with E-state index in [1.807, 2.05) is 45.9 Å². The lowest BCUT2D eigenvalue weighted by Crippen LogP contribution is -1.97. The van der Waals surface area contributed by atoms with Gasteiger partial charge in [0, 0.05) is 34.9 Å². The van der Waals surface area contributed by atoms with E-state index in [1.165, 1.54) is 0 Å². The third-order valence-electron chi connectivity index (χ3n) is 7.25. The summed E-state index contributed by atoms with van der Waals surface area (Å²) < 4.78 is 0. The molecule has 2 aliphatic heterocycles. The third-order valence-corrected chi connectivity index (χ3v) is 7.25. The van der Waals surface area contributed by atoms with Gasteiger partial charge in [0.2, 0.25) is 0 Å². The van der Waals surface area contributed by atoms with E-state index in [9.17, 15) is 19.8 Å². The first-order chi connectivity index (χ1) is 18.1. The van der Waals surface area contributed by atoms with Crippen LogP contribution >= 0.6 is 0 Å². The van der Waals surface area contributed by atoms with Gasteiger partial charge in [-0.15, -0.1) is 0 Å². The molecule has 0 aromatic carbocycles. The topological polar surface area (TPSA) is 132 Å². The monoisotopic (exact) mass is 510 g/mol. The quantitative estimate of drug-likeness (QED) is 0.298. The summed E-state index contributed by atoms with van der Waals surface area (Å²) in [6, 6.07) is 12.1. The second-order valence-corrected chi connectivity index (χ2v) is 9.98. The van der Waals surface area contributed by atoms with Crippen LogP contribution in [0.25, 0.3) is 44.4 Å². The summed E-state index contributed by atoms with van der Waals surface area (Å²) in [7, 11) is 0. The predicted molar refractivity (Wildman–Crippen MR) is 149 cm³/mol. The van der Waals surface area contributed by atoms with Crippen LogP contribution in [0, 0.1) is 13.8 Å². The highest BCUT2D eigenvalue weighted by Gasteiger charge is 2.22. The molecule has 8 bridgehead atoms. The van der Waals surface area contributed by atoms with Crippen molar-refractivity contribution in [3.8, 4) is 0 Å². The molecule has 4 N–H and O–H groups in total. The van der Waals surface area contributed by atoms with Gasteiger partial charge in [0.1, 0.15) is 0 Å². The molecule has 8 nitrogen and oxygen atoms in total. The van der Waals surface area contributed by atoms with Crippen molar-refractivity contribution in [3.63, 3.8) is 0 Å². The third kappa shape index (κ3) is 4.89. The minimum Gasteiger partial charge on any atom is -0.481 e. The van der Waals surface area contributed by atoms with Crippen molar-refractivity contribution in [2.45, 2.75) is 53.4 Å². The molecular formula is C30H30N4O4. The summed E-state index contributed by atoms with van der Waals surface area (Å²) in [6.07, 6.45) is 0.647. The lowest BCUT2D eigenvalue weighted by molar-refractivity contribution is -0.137. The second kappa shape index (κ2) is 9.78. The minimum atomic E-state index is -0.873. The first-order valence-electron chi connectivity index (χ1n) is 12.6. The van der Waals surface area contributed by atoms with E-state index >= 15 is 0 Å². The number of hydrogen-bond acceptors (Lipinski definition) is 4. The van der Waals surface area contributed by atoms with Gasteiger partial charge in [-0.1, -0.05) is 0 Å². The molecular weight excluding hydrogens is 480 g/mol. The average Bonchev–Trinajstić information content (AvgIpc) is 3.53. The Balaban J connectivity index is 1.85. The van der Waals surface area contributed by atoms with Crippen molar-refractivity contribution in [3.05, 3.63) is 70.3 Å². The number of carboxylic acids is 2. The van der Waals surface area contributed by atoms with Crippen LogP contribution in [0.4, 0.5) is 0 Å². The van der Waals surface area contributed by atoms with Crippen LogP contribution in [0.15, 0.2) is 36.4 Å². The standard InChI is InChI=1S/C30H30N4O4/c1-15-9-19-11-20-10-16(2)24(32-20)13-26-18(4)22(6-8-30(37)38)28(34-26)14-27-21(5-7-29(35)36)17(3)25(33-27)12-23(15)31-19/h9-14,31-32H,5-8H2,1-4H3,(H,35,36)(H,37,38). The van der Waals surface area contributed by atoms with Gasteiger partial charge < -0.3 is 20.2 Å². The number of nitrogens with one attached hydrogen (secondary N) is 2. The lowest BCUT2D eigenvalue weighted by Gasteiger charge is -2.05. The van der Waals surface area contributed by atoms with Gasteiger partial charge in [-0.2, -0.15) is 0 Å². The van der Waals surface area contributed by atoms with Gasteiger partial charge in [0.25, 0.3) is 0 Å². The predicted octanol–water partition coefficient (Wildman–Crippen LogP) is 6.52. The number of aliphatic carboxylic acids is 2. The second-order valence-electron chi connectivity index (χ2n) is 9.98. The van der Waals surface area contributed by atoms with Gasteiger partial charge in [0.05, 0.1) is 22.8 Å². The molecule has 0 atom stereocenters. The Hall–Kier alpha value is -4.46. The molecule has 0 fully saturated rings. The number of hydrogen-bond donors (Lipinski definition) is 4.